The molecule has 1 heterocycles. The molecular weight excluding hydrogens is 383 g/mol. The van der Waals surface area contributed by atoms with Crippen LogP contribution in [-0.4, -0.2) is 20.6 Å². The monoisotopic (exact) mass is 402 g/mol. The van der Waals surface area contributed by atoms with Gasteiger partial charge in [0.1, 0.15) is 5.82 Å². The van der Waals surface area contributed by atoms with Crippen molar-refractivity contribution in [2.75, 3.05) is 0 Å². The van der Waals surface area contributed by atoms with Crippen molar-refractivity contribution in [3.05, 3.63) is 75.8 Å². The summed E-state index contributed by atoms with van der Waals surface area (Å²) in [6.45, 7) is 4.00. The number of hydrogen-bond acceptors (Lipinski definition) is 2. The van der Waals surface area contributed by atoms with Crippen molar-refractivity contribution in [2.24, 2.45) is 5.92 Å². The summed E-state index contributed by atoms with van der Waals surface area (Å²) < 4.78 is 1.94. The summed E-state index contributed by atoms with van der Waals surface area (Å²) in [5.41, 5.74) is 3.79. The zero-order valence-corrected chi connectivity index (χ0v) is 16.6. The summed E-state index contributed by atoms with van der Waals surface area (Å²) in [6.07, 6.45) is 0.314. The van der Waals surface area contributed by atoms with Crippen LogP contribution in [0, 0.1) is 12.8 Å². The van der Waals surface area contributed by atoms with Gasteiger partial charge in [-0.1, -0.05) is 72.6 Å². The Hall–Kier alpha value is -2.30. The average molecular weight is 403 g/mol. The molecule has 0 spiro atoms. The molecule has 1 atom stereocenters. The molecule has 1 aromatic heterocycles. The molecule has 27 heavy (non-hydrogen) atoms. The zero-order chi connectivity index (χ0) is 19.6. The van der Waals surface area contributed by atoms with E-state index in [-0.39, 0.29) is 0 Å². The van der Waals surface area contributed by atoms with Gasteiger partial charge in [-0.15, -0.1) is 0 Å². The Labute approximate surface area is 168 Å². The van der Waals surface area contributed by atoms with E-state index in [0.717, 1.165) is 22.5 Å². The van der Waals surface area contributed by atoms with E-state index in [9.17, 15) is 9.90 Å². The Balaban J connectivity index is 1.91. The molecular formula is C21H20Cl2N2O2. The first-order valence-corrected chi connectivity index (χ1v) is 9.40. The van der Waals surface area contributed by atoms with E-state index in [1.807, 2.05) is 60.0 Å². The standard InChI is InChI=1S/C21H20Cl2N2O2/c1-13(21(26)27)10-19-20(23)24-14(2)25(19)12-17-9-8-16(11-18(17)22)15-6-4-3-5-7-15/h3-9,11,13H,10,12H2,1-2H3,(H,26,27). The van der Waals surface area contributed by atoms with Gasteiger partial charge >= 0.3 is 5.97 Å². The maximum absolute atomic E-state index is 11.2. The quantitative estimate of drug-likeness (QED) is 0.593. The van der Waals surface area contributed by atoms with Crippen molar-refractivity contribution in [1.82, 2.24) is 9.55 Å². The predicted molar refractivity (Wildman–Crippen MR) is 108 cm³/mol. The number of benzene rings is 2. The fraction of sp³-hybridized carbons (Fsp3) is 0.238. The highest BCUT2D eigenvalue weighted by Gasteiger charge is 2.20. The molecule has 4 nitrogen and oxygen atoms in total. The Bertz CT molecular complexity index is 968. The highest BCUT2D eigenvalue weighted by atomic mass is 35.5. The highest BCUT2D eigenvalue weighted by Crippen LogP contribution is 2.28. The molecule has 0 amide bonds. The molecule has 0 aliphatic carbocycles. The lowest BCUT2D eigenvalue weighted by Gasteiger charge is -2.14. The molecule has 3 rings (SSSR count). The second kappa shape index (κ2) is 8.15. The van der Waals surface area contributed by atoms with Gasteiger partial charge in [0, 0.05) is 11.4 Å². The second-order valence-electron chi connectivity index (χ2n) is 6.60. The molecule has 0 saturated carbocycles. The zero-order valence-electron chi connectivity index (χ0n) is 15.1. The Morgan fingerprint density at radius 3 is 2.48 bits per heavy atom. The molecule has 0 fully saturated rings. The van der Waals surface area contributed by atoms with Crippen LogP contribution in [0.15, 0.2) is 48.5 Å². The van der Waals surface area contributed by atoms with Crippen molar-refractivity contribution in [1.29, 1.82) is 0 Å². The third-order valence-corrected chi connectivity index (χ3v) is 5.28. The molecule has 0 radical (unpaired) electrons. The van der Waals surface area contributed by atoms with Gasteiger partial charge in [-0.05, 0) is 29.7 Å². The van der Waals surface area contributed by atoms with Crippen LogP contribution < -0.4 is 0 Å². The van der Waals surface area contributed by atoms with Gasteiger partial charge in [0.2, 0.25) is 0 Å². The molecule has 0 bridgehead atoms. The van der Waals surface area contributed by atoms with Crippen LogP contribution in [0.25, 0.3) is 11.1 Å². The smallest absolute Gasteiger partial charge is 0.306 e. The number of imidazole rings is 1. The van der Waals surface area contributed by atoms with Crippen LogP contribution in [-0.2, 0) is 17.8 Å². The van der Waals surface area contributed by atoms with Gasteiger partial charge in [-0.3, -0.25) is 4.79 Å². The number of carboxylic acid groups (broad SMARTS) is 1. The molecule has 0 aliphatic rings. The summed E-state index contributed by atoms with van der Waals surface area (Å²) in [4.78, 5) is 15.5. The van der Waals surface area contributed by atoms with E-state index >= 15 is 0 Å². The minimum Gasteiger partial charge on any atom is -0.481 e. The first-order valence-electron chi connectivity index (χ1n) is 8.65. The van der Waals surface area contributed by atoms with E-state index in [1.54, 1.807) is 6.92 Å². The van der Waals surface area contributed by atoms with Crippen LogP contribution in [0.4, 0.5) is 0 Å². The molecule has 2 aromatic carbocycles. The summed E-state index contributed by atoms with van der Waals surface area (Å²) in [7, 11) is 0. The number of rotatable bonds is 6. The van der Waals surface area contributed by atoms with Crippen molar-refractivity contribution in [3.63, 3.8) is 0 Å². The Morgan fingerprint density at radius 1 is 1.15 bits per heavy atom. The number of aliphatic carboxylic acids is 1. The van der Waals surface area contributed by atoms with Gasteiger partial charge in [0.15, 0.2) is 5.15 Å². The fourth-order valence-corrected chi connectivity index (χ4v) is 3.55. The number of aromatic nitrogens is 2. The van der Waals surface area contributed by atoms with E-state index in [4.69, 9.17) is 23.2 Å². The molecule has 0 aliphatic heterocycles. The van der Waals surface area contributed by atoms with Crippen molar-refractivity contribution in [3.8, 4) is 11.1 Å². The number of nitrogens with zero attached hydrogens (tertiary/aromatic N) is 2. The van der Waals surface area contributed by atoms with Gasteiger partial charge in [0.25, 0.3) is 0 Å². The average Bonchev–Trinajstić information content (AvgIpc) is 2.90. The first kappa shape index (κ1) is 19.5. The van der Waals surface area contributed by atoms with Gasteiger partial charge in [-0.25, -0.2) is 4.98 Å². The lowest BCUT2D eigenvalue weighted by molar-refractivity contribution is -0.141. The van der Waals surface area contributed by atoms with E-state index in [1.165, 1.54) is 0 Å². The SMILES string of the molecule is Cc1nc(Cl)c(CC(C)C(=O)O)n1Cc1ccc(-c2ccccc2)cc1Cl. The number of carbonyl (C=O) groups is 1. The number of halogens is 2. The summed E-state index contributed by atoms with van der Waals surface area (Å²) in [6, 6.07) is 16.0. The van der Waals surface area contributed by atoms with E-state index in [0.29, 0.717) is 28.8 Å². The normalized spacial score (nSPS) is 12.1. The third kappa shape index (κ3) is 4.34. The van der Waals surface area contributed by atoms with Crippen molar-refractivity contribution in [2.45, 2.75) is 26.8 Å². The number of hydrogen-bond donors (Lipinski definition) is 1. The van der Waals surface area contributed by atoms with Crippen LogP contribution in [0.5, 0.6) is 0 Å². The van der Waals surface area contributed by atoms with Crippen LogP contribution in [0.3, 0.4) is 0 Å². The van der Waals surface area contributed by atoms with Crippen molar-refractivity contribution < 1.29 is 9.90 Å². The van der Waals surface area contributed by atoms with Crippen molar-refractivity contribution >= 4 is 29.2 Å². The lowest BCUT2D eigenvalue weighted by atomic mass is 10.0. The lowest BCUT2D eigenvalue weighted by Crippen LogP contribution is -2.16. The predicted octanol–water partition coefficient (Wildman–Crippen LogP) is 5.48. The molecule has 3 aromatic rings. The topological polar surface area (TPSA) is 55.1 Å². The molecule has 1 N–H and O–H groups in total. The minimum atomic E-state index is -0.860. The maximum atomic E-state index is 11.2. The summed E-state index contributed by atoms with van der Waals surface area (Å²) in [5.74, 6) is -0.675. The fourth-order valence-electron chi connectivity index (χ4n) is 3.01. The number of carboxylic acids is 1. The van der Waals surface area contributed by atoms with Crippen LogP contribution in [0.2, 0.25) is 10.2 Å². The number of aryl methyl sites for hydroxylation is 1. The van der Waals surface area contributed by atoms with Crippen LogP contribution >= 0.6 is 23.2 Å². The largest absolute Gasteiger partial charge is 0.481 e. The molecule has 1 unspecified atom stereocenters. The van der Waals surface area contributed by atoms with Gasteiger partial charge < -0.3 is 9.67 Å². The van der Waals surface area contributed by atoms with Gasteiger partial charge in [-0.2, -0.15) is 0 Å². The Kier molecular flexibility index (Phi) is 5.88. The summed E-state index contributed by atoms with van der Waals surface area (Å²) in [5, 5.41) is 10.2. The van der Waals surface area contributed by atoms with E-state index < -0.39 is 11.9 Å². The van der Waals surface area contributed by atoms with Gasteiger partial charge in [0.05, 0.1) is 18.2 Å². The minimum absolute atomic E-state index is 0.314. The molecule has 0 saturated heterocycles. The van der Waals surface area contributed by atoms with Crippen LogP contribution in [0.1, 0.15) is 24.0 Å². The summed E-state index contributed by atoms with van der Waals surface area (Å²) >= 11 is 12.8. The highest BCUT2D eigenvalue weighted by molar-refractivity contribution is 6.31. The molecule has 140 valence electrons. The first-order chi connectivity index (χ1) is 12.9. The van der Waals surface area contributed by atoms with E-state index in [2.05, 4.69) is 4.98 Å². The maximum Gasteiger partial charge on any atom is 0.306 e. The molecule has 6 heteroatoms. The third-order valence-electron chi connectivity index (χ3n) is 4.62. The second-order valence-corrected chi connectivity index (χ2v) is 7.36. The Morgan fingerprint density at radius 2 is 1.85 bits per heavy atom.